The van der Waals surface area contributed by atoms with Crippen LogP contribution in [0.1, 0.15) is 61.2 Å². The van der Waals surface area contributed by atoms with Crippen LogP contribution >= 0.6 is 0 Å². The van der Waals surface area contributed by atoms with Gasteiger partial charge in [-0.3, -0.25) is 15.0 Å². The summed E-state index contributed by atoms with van der Waals surface area (Å²) in [7, 11) is 0. The number of fused-ring (bicyclic) bond motifs is 3. The number of aryl methyl sites for hydroxylation is 3. The predicted molar refractivity (Wildman–Crippen MR) is 245 cm³/mol. The number of benzene rings is 5. The largest absolute Gasteiger partial charge is 0.256 e. The second-order valence-corrected chi connectivity index (χ2v) is 15.1. The molecule has 0 saturated carbocycles. The minimum atomic E-state index is 0.940. The third-order valence-corrected chi connectivity index (χ3v) is 11.1. The summed E-state index contributed by atoms with van der Waals surface area (Å²) >= 11 is 0. The van der Waals surface area contributed by atoms with Crippen LogP contribution in [0.4, 0.5) is 0 Å². The smallest absolute Gasteiger partial charge is 0.0708 e. The molecule has 1 aliphatic carbocycles. The lowest BCUT2D eigenvalue weighted by molar-refractivity contribution is 1.22. The van der Waals surface area contributed by atoms with E-state index >= 15 is 0 Å². The molecule has 8 aromatic rings. The third kappa shape index (κ3) is 7.76. The van der Waals surface area contributed by atoms with Crippen molar-refractivity contribution in [1.82, 2.24) is 15.0 Å². The first kappa shape index (κ1) is 36.4. The van der Waals surface area contributed by atoms with Gasteiger partial charge >= 0.3 is 0 Å². The summed E-state index contributed by atoms with van der Waals surface area (Å²) in [4.78, 5) is 14.6. The van der Waals surface area contributed by atoms with Gasteiger partial charge < -0.3 is 0 Å². The fraction of sp³-hybridized carbons (Fsp3) is 0.0727. The van der Waals surface area contributed by atoms with E-state index in [9.17, 15) is 0 Å². The lowest BCUT2D eigenvalue weighted by Gasteiger charge is -2.10. The van der Waals surface area contributed by atoms with Crippen molar-refractivity contribution >= 4 is 36.5 Å². The predicted octanol–water partition coefficient (Wildman–Crippen LogP) is 13.9. The van der Waals surface area contributed by atoms with Crippen molar-refractivity contribution < 1.29 is 0 Å². The average molecular weight is 746 g/mol. The molecule has 0 N–H and O–H groups in total. The highest BCUT2D eigenvalue weighted by atomic mass is 14.7. The summed E-state index contributed by atoms with van der Waals surface area (Å²) in [6, 6.07) is 49.2. The van der Waals surface area contributed by atoms with Crippen molar-refractivity contribution in [1.29, 1.82) is 0 Å². The summed E-state index contributed by atoms with van der Waals surface area (Å²) in [6.07, 6.45) is 19.9. The van der Waals surface area contributed by atoms with Crippen molar-refractivity contribution in [2.24, 2.45) is 0 Å². The maximum Gasteiger partial charge on any atom is 0.0708 e. The van der Waals surface area contributed by atoms with Crippen LogP contribution in [-0.4, -0.2) is 15.0 Å². The lowest BCUT2D eigenvalue weighted by atomic mass is 9.97. The van der Waals surface area contributed by atoms with Crippen LogP contribution in [-0.2, 0) is 6.42 Å². The van der Waals surface area contributed by atoms with Gasteiger partial charge in [0.05, 0.1) is 17.1 Å². The first-order valence-electron chi connectivity index (χ1n) is 19.9. The highest BCUT2D eigenvalue weighted by Gasteiger charge is 2.21. The van der Waals surface area contributed by atoms with E-state index in [4.69, 9.17) is 15.0 Å². The molecular formula is C55H43N3. The van der Waals surface area contributed by atoms with Crippen LogP contribution < -0.4 is 0 Å². The molecule has 1 aliphatic rings. The number of aromatic nitrogens is 3. The van der Waals surface area contributed by atoms with E-state index in [1.165, 1.54) is 44.5 Å². The molecule has 0 atom stereocenters. The van der Waals surface area contributed by atoms with Gasteiger partial charge in [0.1, 0.15) is 0 Å². The molecule has 278 valence electrons. The molecule has 3 heterocycles. The SMILES string of the molecule is Cc1cc(-c2ccccc2)ncc1/C=C/c1cc(/C=C/c2cnc(-c3ccccc3)cc2C)cc(/C=C/c2cnc(-c3cccc4c3Cc3ccccc3-4)cc2C)c1. The van der Waals surface area contributed by atoms with E-state index in [-0.39, 0.29) is 0 Å². The molecule has 3 heteroatoms. The Bertz CT molecular complexity index is 2760. The van der Waals surface area contributed by atoms with Crippen LogP contribution in [0.15, 0.2) is 158 Å². The average Bonchev–Trinajstić information content (AvgIpc) is 3.65. The Morgan fingerprint density at radius 1 is 0.379 bits per heavy atom. The summed E-state index contributed by atoms with van der Waals surface area (Å²) in [5.74, 6) is 0. The van der Waals surface area contributed by atoms with E-state index in [0.29, 0.717) is 0 Å². The number of nitrogens with zero attached hydrogens (tertiary/aromatic N) is 3. The summed E-state index contributed by atoms with van der Waals surface area (Å²) in [5, 5.41) is 0. The second-order valence-electron chi connectivity index (χ2n) is 15.1. The molecule has 0 unspecified atom stereocenters. The van der Waals surface area contributed by atoms with Gasteiger partial charge in [0.25, 0.3) is 0 Å². The molecule has 0 aliphatic heterocycles. The zero-order chi connectivity index (χ0) is 39.4. The van der Waals surface area contributed by atoms with Gasteiger partial charge in [-0.1, -0.05) is 140 Å². The van der Waals surface area contributed by atoms with Crippen molar-refractivity contribution in [2.75, 3.05) is 0 Å². The Balaban J connectivity index is 1.02. The fourth-order valence-corrected chi connectivity index (χ4v) is 7.85. The van der Waals surface area contributed by atoms with E-state index in [2.05, 4.69) is 160 Å². The van der Waals surface area contributed by atoms with Gasteiger partial charge in [-0.05, 0) is 136 Å². The number of hydrogen-bond donors (Lipinski definition) is 0. The lowest BCUT2D eigenvalue weighted by Crippen LogP contribution is -1.93. The number of hydrogen-bond acceptors (Lipinski definition) is 3. The molecule has 9 rings (SSSR count). The number of pyridine rings is 3. The molecule has 0 saturated heterocycles. The quantitative estimate of drug-likeness (QED) is 0.148. The molecule has 0 amide bonds. The van der Waals surface area contributed by atoms with Crippen LogP contribution in [0.25, 0.3) is 81.4 Å². The van der Waals surface area contributed by atoms with Crippen molar-refractivity contribution in [3.05, 3.63) is 219 Å². The molecule has 58 heavy (non-hydrogen) atoms. The minimum absolute atomic E-state index is 0.940. The van der Waals surface area contributed by atoms with Crippen molar-refractivity contribution in [3.63, 3.8) is 0 Å². The Labute approximate surface area is 341 Å². The van der Waals surface area contributed by atoms with Gasteiger partial charge in [0.2, 0.25) is 0 Å². The zero-order valence-corrected chi connectivity index (χ0v) is 33.0. The molecule has 3 aromatic heterocycles. The normalized spacial score (nSPS) is 12.1. The molecule has 0 radical (unpaired) electrons. The van der Waals surface area contributed by atoms with Crippen LogP contribution in [0.3, 0.4) is 0 Å². The Morgan fingerprint density at radius 3 is 1.29 bits per heavy atom. The fourth-order valence-electron chi connectivity index (χ4n) is 7.85. The summed E-state index contributed by atoms with van der Waals surface area (Å²) in [5.41, 5.74) is 22.0. The molecule has 3 nitrogen and oxygen atoms in total. The van der Waals surface area contributed by atoms with E-state index in [0.717, 1.165) is 68.0 Å². The Morgan fingerprint density at radius 2 is 0.793 bits per heavy atom. The van der Waals surface area contributed by atoms with Crippen molar-refractivity contribution in [3.8, 4) is 44.9 Å². The molecule has 0 fully saturated rings. The Hall–Kier alpha value is -7.23. The van der Waals surface area contributed by atoms with Gasteiger partial charge in [0.15, 0.2) is 0 Å². The maximum atomic E-state index is 5.01. The number of rotatable bonds is 9. The van der Waals surface area contributed by atoms with E-state index in [1.54, 1.807) is 0 Å². The molecule has 0 spiro atoms. The van der Waals surface area contributed by atoms with Crippen LogP contribution in [0, 0.1) is 20.8 Å². The maximum absolute atomic E-state index is 5.01. The topological polar surface area (TPSA) is 38.7 Å². The van der Waals surface area contributed by atoms with Crippen molar-refractivity contribution in [2.45, 2.75) is 27.2 Å². The van der Waals surface area contributed by atoms with Crippen LogP contribution in [0.2, 0.25) is 0 Å². The van der Waals surface area contributed by atoms with E-state index in [1.807, 2.05) is 55.0 Å². The Kier molecular flexibility index (Phi) is 10.1. The minimum Gasteiger partial charge on any atom is -0.256 e. The highest BCUT2D eigenvalue weighted by Crippen LogP contribution is 2.41. The standard InChI is InChI=1S/C55H43N3/c1-37-27-53(43-13-6-4-7-14-43)56-34-46(37)24-21-40-30-41(22-25-47-35-57-54(28-38(47)2)44-15-8-5-9-16-44)32-42(31-40)23-26-48-36-58-55(29-39(48)3)51-20-12-19-50-49-18-11-10-17-45(49)33-52(50)51/h4-32,34-36H,33H2,1-3H3/b24-21+,25-22+,26-23+. The summed E-state index contributed by atoms with van der Waals surface area (Å²) in [6.45, 7) is 6.47. The van der Waals surface area contributed by atoms with Gasteiger partial charge in [-0.2, -0.15) is 0 Å². The first-order valence-corrected chi connectivity index (χ1v) is 19.9. The zero-order valence-electron chi connectivity index (χ0n) is 33.0. The van der Waals surface area contributed by atoms with Gasteiger partial charge in [-0.15, -0.1) is 0 Å². The molecule has 0 bridgehead atoms. The molecular weight excluding hydrogens is 703 g/mol. The van der Waals surface area contributed by atoms with E-state index < -0.39 is 0 Å². The summed E-state index contributed by atoms with van der Waals surface area (Å²) < 4.78 is 0. The van der Waals surface area contributed by atoms with Gasteiger partial charge in [0, 0.05) is 35.3 Å². The molecule has 5 aromatic carbocycles. The van der Waals surface area contributed by atoms with Gasteiger partial charge in [-0.25, -0.2) is 0 Å². The monoisotopic (exact) mass is 745 g/mol. The highest BCUT2D eigenvalue weighted by molar-refractivity contribution is 5.85. The van der Waals surface area contributed by atoms with Crippen LogP contribution in [0.5, 0.6) is 0 Å². The first-order chi connectivity index (χ1) is 28.4. The third-order valence-electron chi connectivity index (χ3n) is 11.1. The second kappa shape index (κ2) is 16.1.